The van der Waals surface area contributed by atoms with Gasteiger partial charge >= 0.3 is 12.1 Å². The van der Waals surface area contributed by atoms with Crippen LogP contribution in [0.5, 0.6) is 0 Å². The van der Waals surface area contributed by atoms with Gasteiger partial charge in [0.1, 0.15) is 5.92 Å². The summed E-state index contributed by atoms with van der Waals surface area (Å²) in [5, 5.41) is 10.9. The lowest BCUT2D eigenvalue weighted by molar-refractivity contribution is -0.138. The van der Waals surface area contributed by atoms with E-state index in [4.69, 9.17) is 0 Å². The Morgan fingerprint density at radius 3 is 2.21 bits per heavy atom. The van der Waals surface area contributed by atoms with E-state index >= 15 is 0 Å². The highest BCUT2D eigenvalue weighted by atomic mass is 32.1. The zero-order chi connectivity index (χ0) is 14.0. The molecule has 1 aromatic heterocycles. The van der Waals surface area contributed by atoms with E-state index in [1.54, 1.807) is 17.5 Å². The minimum atomic E-state index is -4.42. The molecule has 0 unspecified atom stereocenters. The van der Waals surface area contributed by atoms with Crippen molar-refractivity contribution in [3.63, 3.8) is 0 Å². The van der Waals surface area contributed by atoms with Gasteiger partial charge in [-0.15, -0.1) is 11.3 Å². The fourth-order valence-electron chi connectivity index (χ4n) is 1.75. The zero-order valence-corrected chi connectivity index (χ0v) is 10.3. The van der Waals surface area contributed by atoms with E-state index in [0.717, 1.165) is 12.1 Å². The lowest BCUT2D eigenvalue weighted by atomic mass is 9.96. The van der Waals surface area contributed by atoms with Crippen molar-refractivity contribution in [3.8, 4) is 0 Å². The summed E-state index contributed by atoms with van der Waals surface area (Å²) >= 11 is 1.26. The maximum absolute atomic E-state index is 12.4. The predicted octanol–water partition coefficient (Wildman–Crippen LogP) is 3.98. The fourth-order valence-corrected chi connectivity index (χ4v) is 2.59. The number of alkyl halides is 3. The van der Waals surface area contributed by atoms with E-state index in [1.165, 1.54) is 23.5 Å². The first kappa shape index (κ1) is 13.6. The quantitative estimate of drug-likeness (QED) is 0.926. The molecule has 0 spiro atoms. The molecule has 100 valence electrons. The summed E-state index contributed by atoms with van der Waals surface area (Å²) in [4.78, 5) is 11.9. The van der Waals surface area contributed by atoms with Crippen LogP contribution >= 0.6 is 11.3 Å². The summed E-state index contributed by atoms with van der Waals surface area (Å²) in [7, 11) is 0. The maximum atomic E-state index is 12.4. The second kappa shape index (κ2) is 5.05. The third-order valence-electron chi connectivity index (χ3n) is 2.65. The van der Waals surface area contributed by atoms with Gasteiger partial charge in [-0.05, 0) is 29.1 Å². The van der Waals surface area contributed by atoms with Crippen LogP contribution in [0.25, 0.3) is 0 Å². The van der Waals surface area contributed by atoms with Gasteiger partial charge in [0.25, 0.3) is 0 Å². The Bertz CT molecular complexity index is 559. The van der Waals surface area contributed by atoms with Crippen LogP contribution in [0.4, 0.5) is 13.2 Å². The second-order valence-corrected chi connectivity index (χ2v) is 4.89. The molecule has 1 aromatic carbocycles. The minimum Gasteiger partial charge on any atom is -0.481 e. The van der Waals surface area contributed by atoms with Crippen LogP contribution in [0, 0.1) is 0 Å². The van der Waals surface area contributed by atoms with Crippen molar-refractivity contribution in [1.29, 1.82) is 0 Å². The number of rotatable bonds is 3. The summed E-state index contributed by atoms with van der Waals surface area (Å²) in [6, 6.07) is 7.58. The van der Waals surface area contributed by atoms with Crippen molar-refractivity contribution in [2.75, 3.05) is 0 Å². The van der Waals surface area contributed by atoms with Crippen LogP contribution in [0.15, 0.2) is 41.8 Å². The van der Waals surface area contributed by atoms with Crippen LogP contribution in [0.3, 0.4) is 0 Å². The van der Waals surface area contributed by atoms with E-state index in [9.17, 15) is 23.1 Å². The topological polar surface area (TPSA) is 37.3 Å². The largest absolute Gasteiger partial charge is 0.481 e. The monoisotopic (exact) mass is 286 g/mol. The van der Waals surface area contributed by atoms with Gasteiger partial charge < -0.3 is 5.11 Å². The molecule has 0 aliphatic carbocycles. The molecule has 2 aromatic rings. The SMILES string of the molecule is O=C(O)[C@@H](c1ccc(C(F)(F)F)cc1)c1cccs1. The lowest BCUT2D eigenvalue weighted by Crippen LogP contribution is -2.12. The van der Waals surface area contributed by atoms with Gasteiger partial charge in [-0.3, -0.25) is 4.79 Å². The average Bonchev–Trinajstić information content (AvgIpc) is 2.82. The summed E-state index contributed by atoms with van der Waals surface area (Å²) in [6.07, 6.45) is -4.42. The highest BCUT2D eigenvalue weighted by Crippen LogP contribution is 2.33. The molecule has 2 nitrogen and oxygen atoms in total. The molecule has 0 radical (unpaired) electrons. The van der Waals surface area contributed by atoms with Crippen molar-refractivity contribution < 1.29 is 23.1 Å². The molecule has 1 N–H and O–H groups in total. The van der Waals surface area contributed by atoms with Gasteiger partial charge in [0.2, 0.25) is 0 Å². The number of halogens is 3. The summed E-state index contributed by atoms with van der Waals surface area (Å²) in [5.41, 5.74) is -0.450. The first-order valence-electron chi connectivity index (χ1n) is 5.33. The molecule has 0 amide bonds. The van der Waals surface area contributed by atoms with Crippen molar-refractivity contribution in [2.24, 2.45) is 0 Å². The third kappa shape index (κ3) is 2.96. The molecule has 19 heavy (non-hydrogen) atoms. The average molecular weight is 286 g/mol. The first-order chi connectivity index (χ1) is 8.89. The Hall–Kier alpha value is -1.82. The Balaban J connectivity index is 2.37. The van der Waals surface area contributed by atoms with E-state index in [0.29, 0.717) is 10.4 Å². The fraction of sp³-hybridized carbons (Fsp3) is 0.154. The number of hydrogen-bond donors (Lipinski definition) is 1. The second-order valence-electron chi connectivity index (χ2n) is 3.91. The minimum absolute atomic E-state index is 0.336. The zero-order valence-electron chi connectivity index (χ0n) is 9.52. The van der Waals surface area contributed by atoms with Gasteiger partial charge in [-0.1, -0.05) is 18.2 Å². The maximum Gasteiger partial charge on any atom is 0.416 e. The smallest absolute Gasteiger partial charge is 0.416 e. The third-order valence-corrected chi connectivity index (χ3v) is 3.58. The molecule has 0 aliphatic rings. The van der Waals surface area contributed by atoms with Crippen LogP contribution in [-0.4, -0.2) is 11.1 Å². The van der Waals surface area contributed by atoms with Crippen molar-refractivity contribution in [2.45, 2.75) is 12.1 Å². The number of benzene rings is 1. The molecule has 0 fully saturated rings. The standard InChI is InChI=1S/C13H9F3O2S/c14-13(15,16)9-5-3-8(4-6-9)11(12(17)18)10-2-1-7-19-10/h1-7,11H,(H,17,18)/t11-/m0/s1. The lowest BCUT2D eigenvalue weighted by Gasteiger charge is -2.12. The molecule has 0 aliphatic heterocycles. The number of aliphatic carboxylic acids is 1. The van der Waals surface area contributed by atoms with Crippen LogP contribution in [-0.2, 0) is 11.0 Å². The molecule has 0 bridgehead atoms. The van der Waals surface area contributed by atoms with Gasteiger partial charge in [0, 0.05) is 4.88 Å². The number of carboxylic acid groups (broad SMARTS) is 1. The molecular weight excluding hydrogens is 277 g/mol. The Morgan fingerprint density at radius 2 is 1.79 bits per heavy atom. The summed E-state index contributed by atoms with van der Waals surface area (Å²) in [6.45, 7) is 0. The Morgan fingerprint density at radius 1 is 1.16 bits per heavy atom. The van der Waals surface area contributed by atoms with E-state index < -0.39 is 23.6 Å². The predicted molar refractivity (Wildman–Crippen MR) is 65.2 cm³/mol. The first-order valence-corrected chi connectivity index (χ1v) is 6.21. The molecule has 6 heteroatoms. The van der Waals surface area contributed by atoms with Crippen molar-refractivity contribution >= 4 is 17.3 Å². The van der Waals surface area contributed by atoms with Crippen molar-refractivity contribution in [3.05, 3.63) is 57.8 Å². The van der Waals surface area contributed by atoms with Gasteiger partial charge in [-0.25, -0.2) is 0 Å². The normalized spacial score (nSPS) is 13.2. The number of carboxylic acids is 1. The van der Waals surface area contributed by atoms with E-state index in [1.807, 2.05) is 0 Å². The Labute approximate surface area is 111 Å². The Kier molecular flexibility index (Phi) is 3.61. The highest BCUT2D eigenvalue weighted by molar-refractivity contribution is 7.10. The molecule has 1 atom stereocenters. The van der Waals surface area contributed by atoms with Crippen LogP contribution in [0.1, 0.15) is 21.9 Å². The number of carbonyl (C=O) groups is 1. The molecule has 0 saturated heterocycles. The van der Waals surface area contributed by atoms with Gasteiger partial charge in [0.05, 0.1) is 5.56 Å². The van der Waals surface area contributed by atoms with Crippen molar-refractivity contribution in [1.82, 2.24) is 0 Å². The van der Waals surface area contributed by atoms with Gasteiger partial charge in [-0.2, -0.15) is 13.2 Å². The highest BCUT2D eigenvalue weighted by Gasteiger charge is 2.31. The number of hydrogen-bond acceptors (Lipinski definition) is 2. The molecule has 0 saturated carbocycles. The molecular formula is C13H9F3O2S. The molecule has 1 heterocycles. The van der Waals surface area contributed by atoms with Crippen LogP contribution < -0.4 is 0 Å². The number of thiophene rings is 1. The summed E-state index contributed by atoms with van der Waals surface area (Å²) in [5.74, 6) is -2.01. The van der Waals surface area contributed by atoms with Gasteiger partial charge in [0.15, 0.2) is 0 Å². The molecule has 2 rings (SSSR count). The van der Waals surface area contributed by atoms with E-state index in [2.05, 4.69) is 0 Å². The summed E-state index contributed by atoms with van der Waals surface area (Å²) < 4.78 is 37.3. The van der Waals surface area contributed by atoms with E-state index in [-0.39, 0.29) is 0 Å². The van der Waals surface area contributed by atoms with Crippen LogP contribution in [0.2, 0.25) is 0 Å².